The van der Waals surface area contributed by atoms with E-state index < -0.39 is 11.6 Å². The average molecular weight is 690 g/mol. The smallest absolute Gasteiger partial charge is 0.248 e. The molecule has 5 fully saturated rings. The summed E-state index contributed by atoms with van der Waals surface area (Å²) in [6.07, 6.45) is 1.62. The summed E-state index contributed by atoms with van der Waals surface area (Å²) in [6, 6.07) is 17.1. The van der Waals surface area contributed by atoms with Crippen LogP contribution in [0.3, 0.4) is 0 Å². The molecule has 262 valence electrons. The summed E-state index contributed by atoms with van der Waals surface area (Å²) in [5.41, 5.74) is 3.85. The molecule has 4 aliphatic heterocycles. The number of carbonyl (C=O) groups is 1. The molecule has 0 radical (unpaired) electrons. The second kappa shape index (κ2) is 12.5. The van der Waals surface area contributed by atoms with Gasteiger partial charge in [-0.1, -0.05) is 24.3 Å². The maximum absolute atomic E-state index is 17.7. The Bertz CT molecular complexity index is 2240. The first-order valence-corrected chi connectivity index (χ1v) is 18.0. The molecule has 4 saturated heterocycles. The van der Waals surface area contributed by atoms with E-state index in [1.807, 2.05) is 29.2 Å². The number of benzene rings is 3. The zero-order valence-electron chi connectivity index (χ0n) is 29.0. The first-order chi connectivity index (χ1) is 24.8. The number of fused-ring (bicyclic) bond motifs is 5. The lowest BCUT2D eigenvalue weighted by atomic mass is 9.79. The number of hydrogen-bond donors (Lipinski definition) is 1. The monoisotopic (exact) mass is 689 g/mol. The van der Waals surface area contributed by atoms with Gasteiger partial charge in [0.15, 0.2) is 5.82 Å². The van der Waals surface area contributed by atoms with Gasteiger partial charge in [-0.25, -0.2) is 13.8 Å². The summed E-state index contributed by atoms with van der Waals surface area (Å²) in [6.45, 7) is 5.00. The highest BCUT2D eigenvalue weighted by Gasteiger charge is 2.49. The second-order valence-electron chi connectivity index (χ2n) is 15.1. The molecule has 1 saturated carbocycles. The molecule has 11 heteroatoms. The SMILES string of the molecule is CN(C)CC1CN(c2nc3c(F)c(-c4cccc5ccc(F)cc45)c(CCC#N)cc3c3c2cc(CN2CCOCC2=O)n3[C@H]2[C@H]3CN[C@@H]2C3)C1. The molecular weight excluding hydrogens is 648 g/mol. The molecule has 0 unspecified atom stereocenters. The third kappa shape index (κ3) is 5.34. The summed E-state index contributed by atoms with van der Waals surface area (Å²) in [5.74, 6) is 0.752. The van der Waals surface area contributed by atoms with Crippen LogP contribution in [0, 0.1) is 34.8 Å². The van der Waals surface area contributed by atoms with Gasteiger partial charge >= 0.3 is 0 Å². The maximum atomic E-state index is 17.7. The Labute approximate surface area is 295 Å². The van der Waals surface area contributed by atoms with Crippen molar-refractivity contribution in [1.29, 1.82) is 5.26 Å². The molecule has 3 atom stereocenters. The fourth-order valence-electron chi connectivity index (χ4n) is 9.14. The van der Waals surface area contributed by atoms with Gasteiger partial charge in [0.1, 0.15) is 23.8 Å². The van der Waals surface area contributed by atoms with Crippen LogP contribution in [0.4, 0.5) is 14.6 Å². The number of pyridine rings is 1. The number of morpholine rings is 1. The van der Waals surface area contributed by atoms with Gasteiger partial charge in [0.2, 0.25) is 5.91 Å². The van der Waals surface area contributed by atoms with Crippen LogP contribution >= 0.6 is 0 Å². The Morgan fingerprint density at radius 2 is 1.96 bits per heavy atom. The summed E-state index contributed by atoms with van der Waals surface area (Å²) < 4.78 is 40.2. The number of nitriles is 1. The number of halogens is 2. The number of aryl methyl sites for hydroxylation is 1. The van der Waals surface area contributed by atoms with E-state index in [0.717, 1.165) is 60.4 Å². The minimum atomic E-state index is -0.460. The molecule has 5 aromatic rings. The number of amides is 1. The standard InChI is InChI=1S/C40H41F2N7O2/c1-46(2)18-23-19-48(20-23)40-32-16-28(21-47-11-12-51-22-34(47)50)49(38-26-14-33(38)44-17-26)39(32)31-13-25(6-4-10-43)35(36(42)37(31)45-40)29-7-3-5-24-8-9-27(41)15-30(24)29/h3,5,7-9,13,15-16,23,26,33,38,44H,4,6,11-12,14,17-22H2,1-2H3/t26-,33-,38+/m1/s1. The predicted molar refractivity (Wildman–Crippen MR) is 193 cm³/mol. The summed E-state index contributed by atoms with van der Waals surface area (Å²) in [7, 11) is 4.16. The van der Waals surface area contributed by atoms with Gasteiger partial charge in [-0.15, -0.1) is 0 Å². The van der Waals surface area contributed by atoms with Gasteiger partial charge < -0.3 is 29.3 Å². The topological polar surface area (TPSA) is 89.7 Å². The van der Waals surface area contributed by atoms with Gasteiger partial charge in [-0.05, 0) is 79.0 Å². The Balaban J connectivity index is 1.32. The summed E-state index contributed by atoms with van der Waals surface area (Å²) in [4.78, 5) is 24.5. The molecule has 2 bridgehead atoms. The van der Waals surface area contributed by atoms with E-state index in [9.17, 15) is 14.4 Å². The van der Waals surface area contributed by atoms with E-state index in [-0.39, 0.29) is 36.5 Å². The average Bonchev–Trinajstić information content (AvgIpc) is 3.83. The van der Waals surface area contributed by atoms with Gasteiger partial charge in [-0.3, -0.25) is 4.79 Å². The molecule has 9 nitrogen and oxygen atoms in total. The minimum absolute atomic E-state index is 0.0359. The van der Waals surface area contributed by atoms with Crippen LogP contribution < -0.4 is 10.2 Å². The molecule has 1 N–H and O–H groups in total. The summed E-state index contributed by atoms with van der Waals surface area (Å²) in [5, 5.41) is 16.4. The fourth-order valence-corrected chi connectivity index (χ4v) is 9.14. The lowest BCUT2D eigenvalue weighted by Gasteiger charge is -2.42. The number of carbonyl (C=O) groups excluding carboxylic acids is 1. The number of hydrogen-bond acceptors (Lipinski definition) is 7. The molecule has 10 rings (SSSR count). The van der Waals surface area contributed by atoms with E-state index in [2.05, 4.69) is 45.9 Å². The van der Waals surface area contributed by atoms with Crippen molar-refractivity contribution in [2.45, 2.75) is 37.9 Å². The first kappa shape index (κ1) is 32.3. The minimum Gasteiger partial charge on any atom is -0.370 e. The van der Waals surface area contributed by atoms with Gasteiger partial charge in [0.25, 0.3) is 0 Å². The molecule has 1 amide bonds. The Morgan fingerprint density at radius 3 is 2.71 bits per heavy atom. The Morgan fingerprint density at radius 1 is 1.10 bits per heavy atom. The molecule has 51 heavy (non-hydrogen) atoms. The quantitative estimate of drug-likeness (QED) is 0.215. The van der Waals surface area contributed by atoms with Crippen LogP contribution in [0.5, 0.6) is 0 Å². The molecule has 5 aliphatic rings. The Hall–Kier alpha value is -4.63. The van der Waals surface area contributed by atoms with E-state index in [1.165, 1.54) is 12.1 Å². The zero-order valence-corrected chi connectivity index (χ0v) is 29.0. The number of anilines is 1. The largest absolute Gasteiger partial charge is 0.370 e. The van der Waals surface area contributed by atoms with E-state index >= 15 is 4.39 Å². The number of nitrogens with zero attached hydrogens (tertiary/aromatic N) is 6. The van der Waals surface area contributed by atoms with Crippen molar-refractivity contribution >= 4 is 44.3 Å². The van der Waals surface area contributed by atoms with E-state index in [0.29, 0.717) is 65.4 Å². The van der Waals surface area contributed by atoms with Crippen molar-refractivity contribution in [3.05, 3.63) is 71.4 Å². The molecule has 1 aliphatic carbocycles. The normalized spacial score (nSPS) is 22.0. The third-order valence-corrected chi connectivity index (χ3v) is 11.5. The fraction of sp³-hybridized carbons (Fsp3) is 0.425. The molecule has 2 aromatic heterocycles. The number of nitrogens with one attached hydrogen (secondary N) is 1. The van der Waals surface area contributed by atoms with Crippen molar-refractivity contribution in [3.63, 3.8) is 0 Å². The third-order valence-electron chi connectivity index (χ3n) is 11.5. The molecule has 0 spiro atoms. The van der Waals surface area contributed by atoms with Crippen LogP contribution in [0.2, 0.25) is 0 Å². The van der Waals surface area contributed by atoms with Crippen LogP contribution in [0.1, 0.15) is 30.1 Å². The lowest BCUT2D eigenvalue weighted by Crippen LogP contribution is -2.51. The zero-order chi connectivity index (χ0) is 35.0. The van der Waals surface area contributed by atoms with Crippen LogP contribution in [0.25, 0.3) is 43.7 Å². The van der Waals surface area contributed by atoms with Crippen molar-refractivity contribution in [2.75, 3.05) is 64.9 Å². The number of aromatic nitrogens is 2. The second-order valence-corrected chi connectivity index (χ2v) is 15.1. The summed E-state index contributed by atoms with van der Waals surface area (Å²) >= 11 is 0. The maximum Gasteiger partial charge on any atom is 0.248 e. The van der Waals surface area contributed by atoms with Gasteiger partial charge in [0.05, 0.1) is 30.8 Å². The van der Waals surface area contributed by atoms with Crippen molar-refractivity contribution in [3.8, 4) is 17.2 Å². The van der Waals surface area contributed by atoms with Crippen LogP contribution in [0.15, 0.2) is 48.5 Å². The highest BCUT2D eigenvalue weighted by atomic mass is 19.1. The van der Waals surface area contributed by atoms with Crippen molar-refractivity contribution in [1.82, 2.24) is 24.7 Å². The predicted octanol–water partition coefficient (Wildman–Crippen LogP) is 5.63. The first-order valence-electron chi connectivity index (χ1n) is 18.0. The van der Waals surface area contributed by atoms with Gasteiger partial charge in [0, 0.05) is 73.1 Å². The number of rotatable bonds is 9. The van der Waals surface area contributed by atoms with Crippen molar-refractivity contribution in [2.24, 2.45) is 11.8 Å². The Kier molecular flexibility index (Phi) is 7.94. The van der Waals surface area contributed by atoms with E-state index in [4.69, 9.17) is 9.72 Å². The van der Waals surface area contributed by atoms with Crippen LogP contribution in [-0.2, 0) is 22.5 Å². The molecule has 3 aromatic carbocycles. The van der Waals surface area contributed by atoms with Gasteiger partial charge in [-0.2, -0.15) is 5.26 Å². The van der Waals surface area contributed by atoms with E-state index in [1.54, 1.807) is 6.07 Å². The highest BCUT2D eigenvalue weighted by Crippen LogP contribution is 2.50. The van der Waals surface area contributed by atoms with Crippen LogP contribution in [-0.4, -0.2) is 91.3 Å². The molecular formula is C40H41F2N7O2. The number of ether oxygens (including phenoxy) is 1. The highest BCUT2D eigenvalue weighted by molar-refractivity contribution is 6.12. The molecule has 6 heterocycles. The van der Waals surface area contributed by atoms with Crippen molar-refractivity contribution < 1.29 is 18.3 Å². The lowest BCUT2D eigenvalue weighted by molar-refractivity contribution is -0.143.